The second-order valence-electron chi connectivity index (χ2n) is 3.91. The van der Waals surface area contributed by atoms with E-state index in [2.05, 4.69) is 4.72 Å². The zero-order chi connectivity index (χ0) is 12.3. The Morgan fingerprint density at radius 2 is 2.00 bits per heavy atom. The van der Waals surface area contributed by atoms with Gasteiger partial charge in [-0.15, -0.1) is 0 Å². The molecule has 1 aromatic carbocycles. The van der Waals surface area contributed by atoms with E-state index in [9.17, 15) is 8.42 Å². The van der Waals surface area contributed by atoms with Crippen LogP contribution in [0.3, 0.4) is 0 Å². The molecule has 5 heteroatoms. The highest BCUT2D eigenvalue weighted by Gasteiger charge is 2.19. The van der Waals surface area contributed by atoms with Crippen LogP contribution in [-0.2, 0) is 10.0 Å². The van der Waals surface area contributed by atoms with Crippen LogP contribution in [-0.4, -0.2) is 21.6 Å². The fourth-order valence-corrected chi connectivity index (χ4v) is 2.98. The van der Waals surface area contributed by atoms with Gasteiger partial charge in [-0.3, -0.25) is 0 Å². The third kappa shape index (κ3) is 2.87. The number of hydrogen-bond donors (Lipinski definition) is 1. The van der Waals surface area contributed by atoms with Gasteiger partial charge in [0.2, 0.25) is 10.0 Å². The van der Waals surface area contributed by atoms with E-state index >= 15 is 0 Å². The molecule has 92 valence electrons. The molecule has 17 heavy (non-hydrogen) atoms. The average molecular weight is 253 g/mol. The van der Waals surface area contributed by atoms with Gasteiger partial charge in [0.25, 0.3) is 0 Å². The highest BCUT2D eigenvalue weighted by Crippen LogP contribution is 2.17. The van der Waals surface area contributed by atoms with E-state index in [1.807, 2.05) is 12.2 Å². The minimum absolute atomic E-state index is 0.0814. The fraction of sp³-hybridized carbons (Fsp3) is 0.333. The number of rotatable bonds is 4. The predicted molar refractivity (Wildman–Crippen MR) is 65.5 cm³/mol. The summed E-state index contributed by atoms with van der Waals surface area (Å²) in [5.74, 6) is 0.643. The predicted octanol–water partition coefficient (Wildman–Crippen LogP) is 1.69. The van der Waals surface area contributed by atoms with Gasteiger partial charge < -0.3 is 4.74 Å². The zero-order valence-corrected chi connectivity index (χ0v) is 10.4. The van der Waals surface area contributed by atoms with E-state index in [-0.39, 0.29) is 10.9 Å². The lowest BCUT2D eigenvalue weighted by Gasteiger charge is -2.11. The van der Waals surface area contributed by atoms with Crippen LogP contribution < -0.4 is 9.46 Å². The van der Waals surface area contributed by atoms with E-state index < -0.39 is 10.0 Å². The number of sulfonamides is 1. The maximum Gasteiger partial charge on any atom is 0.241 e. The first-order chi connectivity index (χ1) is 8.12. The molecule has 0 fully saturated rings. The van der Waals surface area contributed by atoms with Crippen LogP contribution in [0, 0.1) is 0 Å². The molecule has 0 bridgehead atoms. The third-order valence-corrected chi connectivity index (χ3v) is 4.19. The van der Waals surface area contributed by atoms with E-state index in [1.54, 1.807) is 31.4 Å². The molecule has 2 rings (SSSR count). The third-order valence-electron chi connectivity index (χ3n) is 2.69. The van der Waals surface area contributed by atoms with Crippen molar-refractivity contribution in [2.75, 3.05) is 7.11 Å². The van der Waals surface area contributed by atoms with Gasteiger partial charge in [0.15, 0.2) is 0 Å². The zero-order valence-electron chi connectivity index (χ0n) is 9.59. The molecule has 4 nitrogen and oxygen atoms in total. The molecule has 1 atom stereocenters. The average Bonchev–Trinajstić information content (AvgIpc) is 2.81. The lowest BCUT2D eigenvalue weighted by atomic mass is 10.3. The first-order valence-corrected chi connectivity index (χ1v) is 6.93. The quantitative estimate of drug-likeness (QED) is 0.831. The Kier molecular flexibility index (Phi) is 3.49. The monoisotopic (exact) mass is 253 g/mol. The van der Waals surface area contributed by atoms with Crippen LogP contribution >= 0.6 is 0 Å². The summed E-state index contributed by atoms with van der Waals surface area (Å²) < 4.78 is 31.6. The molecule has 0 aromatic heterocycles. The molecule has 0 saturated heterocycles. The van der Waals surface area contributed by atoms with Gasteiger partial charge in [0.1, 0.15) is 5.75 Å². The van der Waals surface area contributed by atoms with Crippen molar-refractivity contribution in [3.05, 3.63) is 36.4 Å². The number of hydrogen-bond acceptors (Lipinski definition) is 3. The van der Waals surface area contributed by atoms with Crippen LogP contribution in [0.2, 0.25) is 0 Å². The fourth-order valence-electron chi connectivity index (χ4n) is 1.75. The Morgan fingerprint density at radius 3 is 2.53 bits per heavy atom. The molecular weight excluding hydrogens is 238 g/mol. The maximum atomic E-state index is 12.0. The second-order valence-corrected chi connectivity index (χ2v) is 5.62. The molecule has 1 aromatic rings. The van der Waals surface area contributed by atoms with E-state index in [4.69, 9.17) is 4.74 Å². The Bertz CT molecular complexity index is 505. The van der Waals surface area contributed by atoms with E-state index in [0.29, 0.717) is 5.75 Å². The highest BCUT2D eigenvalue weighted by molar-refractivity contribution is 7.89. The molecule has 0 amide bonds. The van der Waals surface area contributed by atoms with Gasteiger partial charge in [0.05, 0.1) is 12.0 Å². The van der Waals surface area contributed by atoms with Gasteiger partial charge in [-0.1, -0.05) is 12.2 Å². The van der Waals surface area contributed by atoms with Gasteiger partial charge in [-0.25, -0.2) is 13.1 Å². The van der Waals surface area contributed by atoms with Gasteiger partial charge in [0, 0.05) is 6.04 Å². The van der Waals surface area contributed by atoms with Crippen LogP contribution in [0.5, 0.6) is 5.75 Å². The Labute approximate surface area is 101 Å². The van der Waals surface area contributed by atoms with Crippen molar-refractivity contribution >= 4 is 10.0 Å². The number of benzene rings is 1. The summed E-state index contributed by atoms with van der Waals surface area (Å²) >= 11 is 0. The molecule has 1 N–H and O–H groups in total. The SMILES string of the molecule is COc1ccc(S(=O)(=O)NC2C=CCC2)cc1. The molecular formula is C12H15NO3S. The molecule has 0 saturated carbocycles. The standard InChI is InChI=1S/C12H15NO3S/c1-16-11-6-8-12(9-7-11)17(14,15)13-10-4-2-3-5-10/h2,4,6-10,13H,3,5H2,1H3. The van der Waals surface area contributed by atoms with Crippen molar-refractivity contribution in [2.45, 2.75) is 23.8 Å². The van der Waals surface area contributed by atoms with Crippen LogP contribution in [0.1, 0.15) is 12.8 Å². The minimum Gasteiger partial charge on any atom is -0.497 e. The lowest BCUT2D eigenvalue weighted by molar-refractivity contribution is 0.414. The van der Waals surface area contributed by atoms with Gasteiger partial charge >= 0.3 is 0 Å². The Morgan fingerprint density at radius 1 is 1.29 bits per heavy atom. The summed E-state index contributed by atoms with van der Waals surface area (Å²) in [5.41, 5.74) is 0. The van der Waals surface area contributed by atoms with Crippen molar-refractivity contribution < 1.29 is 13.2 Å². The molecule has 1 aliphatic rings. The highest BCUT2D eigenvalue weighted by atomic mass is 32.2. The summed E-state index contributed by atoms with van der Waals surface area (Å²) in [7, 11) is -1.88. The van der Waals surface area contributed by atoms with Crippen molar-refractivity contribution in [1.82, 2.24) is 4.72 Å². The Balaban J connectivity index is 2.15. The second kappa shape index (κ2) is 4.89. The summed E-state index contributed by atoms with van der Waals surface area (Å²) in [6.45, 7) is 0. The first kappa shape index (κ1) is 12.1. The summed E-state index contributed by atoms with van der Waals surface area (Å²) in [6, 6.07) is 6.28. The maximum absolute atomic E-state index is 12.0. The van der Waals surface area contributed by atoms with Crippen LogP contribution in [0.4, 0.5) is 0 Å². The molecule has 0 heterocycles. The topological polar surface area (TPSA) is 55.4 Å². The largest absolute Gasteiger partial charge is 0.497 e. The molecule has 0 aliphatic heterocycles. The smallest absolute Gasteiger partial charge is 0.241 e. The van der Waals surface area contributed by atoms with E-state index in [0.717, 1.165) is 12.8 Å². The number of allylic oxidation sites excluding steroid dienone is 1. The first-order valence-electron chi connectivity index (χ1n) is 5.45. The molecule has 1 unspecified atom stereocenters. The van der Waals surface area contributed by atoms with Gasteiger partial charge in [-0.05, 0) is 37.1 Å². The van der Waals surface area contributed by atoms with Crippen molar-refractivity contribution in [1.29, 1.82) is 0 Å². The van der Waals surface area contributed by atoms with Crippen LogP contribution in [0.15, 0.2) is 41.3 Å². The lowest BCUT2D eigenvalue weighted by Crippen LogP contribution is -2.31. The molecule has 0 spiro atoms. The van der Waals surface area contributed by atoms with Crippen molar-refractivity contribution in [3.63, 3.8) is 0 Å². The van der Waals surface area contributed by atoms with E-state index in [1.165, 1.54) is 0 Å². The number of nitrogens with one attached hydrogen (secondary N) is 1. The van der Waals surface area contributed by atoms with Crippen molar-refractivity contribution in [2.24, 2.45) is 0 Å². The summed E-state index contributed by atoms with van der Waals surface area (Å²) in [4.78, 5) is 0.263. The summed E-state index contributed by atoms with van der Waals surface area (Å²) in [6.07, 6.45) is 5.63. The minimum atomic E-state index is -3.43. The van der Waals surface area contributed by atoms with Crippen molar-refractivity contribution in [3.8, 4) is 5.75 Å². The molecule has 1 aliphatic carbocycles. The van der Waals surface area contributed by atoms with Crippen LogP contribution in [0.25, 0.3) is 0 Å². The number of methoxy groups -OCH3 is 1. The van der Waals surface area contributed by atoms with Gasteiger partial charge in [-0.2, -0.15) is 0 Å². The number of ether oxygens (including phenoxy) is 1. The Hall–Kier alpha value is -1.33. The summed E-state index contributed by atoms with van der Waals surface area (Å²) in [5, 5.41) is 0. The molecule has 0 radical (unpaired) electrons. The normalized spacial score (nSPS) is 19.5.